The van der Waals surface area contributed by atoms with Gasteiger partial charge in [0.15, 0.2) is 0 Å². The number of carbonyl (C=O) groups is 2. The maximum atomic E-state index is 12.5. The van der Waals surface area contributed by atoms with Gasteiger partial charge in [0.25, 0.3) is 0 Å². The Morgan fingerprint density at radius 2 is 1.67 bits per heavy atom. The van der Waals surface area contributed by atoms with Gasteiger partial charge in [-0.2, -0.15) is 0 Å². The molecule has 0 saturated carbocycles. The van der Waals surface area contributed by atoms with Crippen LogP contribution in [0.25, 0.3) is 0 Å². The van der Waals surface area contributed by atoms with Crippen LogP contribution in [-0.2, 0) is 16.0 Å². The molecular formula is C21H28ClN3O2. The van der Waals surface area contributed by atoms with E-state index in [1.165, 1.54) is 0 Å². The summed E-state index contributed by atoms with van der Waals surface area (Å²) in [5.74, 6) is -0.232. The van der Waals surface area contributed by atoms with E-state index in [9.17, 15) is 9.59 Å². The van der Waals surface area contributed by atoms with Gasteiger partial charge in [-0.3, -0.25) is 9.59 Å². The Morgan fingerprint density at radius 3 is 2.26 bits per heavy atom. The van der Waals surface area contributed by atoms with E-state index in [4.69, 9.17) is 5.73 Å². The van der Waals surface area contributed by atoms with Crippen molar-refractivity contribution in [3.8, 4) is 0 Å². The molecule has 6 heteroatoms. The standard InChI is InChI=1S/C21H27N3O2.ClH/c1-4-24(20(26)13-12-17-10-5-6-11-18(17)22)14-19(25)23-21-15(2)8-7-9-16(21)3;/h5-11H,4,12-14,22H2,1-3H3,(H,23,25);1H. The number of nitrogen functional groups attached to an aromatic ring is 1. The van der Waals surface area contributed by atoms with Gasteiger partial charge in [0.1, 0.15) is 0 Å². The first-order chi connectivity index (χ1) is 12.4. The van der Waals surface area contributed by atoms with Crippen LogP contribution in [-0.4, -0.2) is 29.8 Å². The van der Waals surface area contributed by atoms with E-state index in [-0.39, 0.29) is 30.8 Å². The number of aryl methyl sites for hydroxylation is 3. The van der Waals surface area contributed by atoms with Gasteiger partial charge < -0.3 is 16.0 Å². The molecule has 0 atom stereocenters. The molecule has 0 aliphatic carbocycles. The molecule has 0 fully saturated rings. The Bertz CT molecular complexity index is 772. The third-order valence-electron chi connectivity index (χ3n) is 4.48. The van der Waals surface area contributed by atoms with Gasteiger partial charge in [0.05, 0.1) is 6.54 Å². The van der Waals surface area contributed by atoms with Crippen molar-refractivity contribution in [3.05, 3.63) is 59.2 Å². The predicted molar refractivity (Wildman–Crippen MR) is 113 cm³/mol. The lowest BCUT2D eigenvalue weighted by atomic mass is 10.1. The fourth-order valence-electron chi connectivity index (χ4n) is 2.90. The lowest BCUT2D eigenvalue weighted by molar-refractivity contribution is -0.134. The molecule has 27 heavy (non-hydrogen) atoms. The van der Waals surface area contributed by atoms with Crippen LogP contribution >= 0.6 is 12.4 Å². The molecule has 2 aromatic carbocycles. The monoisotopic (exact) mass is 389 g/mol. The summed E-state index contributed by atoms with van der Waals surface area (Å²) in [6, 6.07) is 13.4. The first-order valence-electron chi connectivity index (χ1n) is 8.89. The minimum atomic E-state index is -0.183. The maximum absolute atomic E-state index is 12.5. The highest BCUT2D eigenvalue weighted by atomic mass is 35.5. The molecule has 0 radical (unpaired) electrons. The van der Waals surface area contributed by atoms with Crippen molar-refractivity contribution in [2.45, 2.75) is 33.6 Å². The Morgan fingerprint density at radius 1 is 1.04 bits per heavy atom. The largest absolute Gasteiger partial charge is 0.399 e. The number of rotatable bonds is 7. The van der Waals surface area contributed by atoms with Crippen molar-refractivity contribution in [2.24, 2.45) is 0 Å². The Hall–Kier alpha value is -2.53. The van der Waals surface area contributed by atoms with E-state index in [1.54, 1.807) is 4.90 Å². The third kappa shape index (κ3) is 6.29. The third-order valence-corrected chi connectivity index (χ3v) is 4.48. The highest BCUT2D eigenvalue weighted by Crippen LogP contribution is 2.19. The van der Waals surface area contributed by atoms with Crippen LogP contribution in [0, 0.1) is 13.8 Å². The van der Waals surface area contributed by atoms with Crippen molar-refractivity contribution < 1.29 is 9.59 Å². The van der Waals surface area contributed by atoms with Crippen LogP contribution < -0.4 is 11.1 Å². The van der Waals surface area contributed by atoms with E-state index in [2.05, 4.69) is 5.32 Å². The smallest absolute Gasteiger partial charge is 0.244 e. The summed E-state index contributed by atoms with van der Waals surface area (Å²) in [5, 5.41) is 2.93. The molecule has 146 valence electrons. The van der Waals surface area contributed by atoms with Crippen molar-refractivity contribution in [3.63, 3.8) is 0 Å². The van der Waals surface area contributed by atoms with E-state index in [0.29, 0.717) is 25.1 Å². The van der Waals surface area contributed by atoms with Crippen LogP contribution in [0.5, 0.6) is 0 Å². The van der Waals surface area contributed by atoms with E-state index in [1.807, 2.05) is 63.2 Å². The predicted octanol–water partition coefficient (Wildman–Crippen LogP) is 3.73. The number of amides is 2. The number of hydrogen-bond donors (Lipinski definition) is 2. The van der Waals surface area contributed by atoms with E-state index >= 15 is 0 Å². The molecule has 0 aromatic heterocycles. The lowest BCUT2D eigenvalue weighted by Crippen LogP contribution is -2.38. The van der Waals surface area contributed by atoms with Crippen LogP contribution in [0.3, 0.4) is 0 Å². The quantitative estimate of drug-likeness (QED) is 0.708. The van der Waals surface area contributed by atoms with Crippen LogP contribution in [0.15, 0.2) is 42.5 Å². The molecule has 0 saturated heterocycles. The van der Waals surface area contributed by atoms with Gasteiger partial charge in [-0.15, -0.1) is 12.4 Å². The zero-order valence-corrected chi connectivity index (χ0v) is 16.9. The number of likely N-dealkylation sites (N-methyl/N-ethyl adjacent to an activating group) is 1. The van der Waals surface area contributed by atoms with Gasteiger partial charge in [-0.05, 0) is 49.9 Å². The summed E-state index contributed by atoms with van der Waals surface area (Å²) < 4.78 is 0. The zero-order chi connectivity index (χ0) is 19.1. The normalized spacial score (nSPS) is 10.0. The fourth-order valence-corrected chi connectivity index (χ4v) is 2.90. The summed E-state index contributed by atoms with van der Waals surface area (Å²) in [4.78, 5) is 26.5. The molecule has 0 bridgehead atoms. The summed E-state index contributed by atoms with van der Waals surface area (Å²) >= 11 is 0. The number of nitrogens with zero attached hydrogens (tertiary/aromatic N) is 1. The fraction of sp³-hybridized carbons (Fsp3) is 0.333. The molecule has 2 rings (SSSR count). The van der Waals surface area contributed by atoms with Gasteiger partial charge in [0, 0.05) is 24.3 Å². The van der Waals surface area contributed by atoms with Gasteiger partial charge in [0.2, 0.25) is 11.8 Å². The number of carbonyl (C=O) groups excluding carboxylic acids is 2. The van der Waals surface area contributed by atoms with Crippen LogP contribution in [0.1, 0.15) is 30.0 Å². The molecule has 0 spiro atoms. The summed E-state index contributed by atoms with van der Waals surface area (Å²) in [7, 11) is 0. The summed E-state index contributed by atoms with van der Waals surface area (Å²) in [6.45, 7) is 6.32. The Labute approximate surface area is 167 Å². The van der Waals surface area contributed by atoms with Gasteiger partial charge >= 0.3 is 0 Å². The summed E-state index contributed by atoms with van der Waals surface area (Å²) in [5.41, 5.74) is 10.4. The molecule has 0 unspecified atom stereocenters. The molecule has 2 aromatic rings. The molecule has 5 nitrogen and oxygen atoms in total. The first kappa shape index (κ1) is 22.5. The number of halogens is 1. The SMILES string of the molecule is CCN(CC(=O)Nc1c(C)cccc1C)C(=O)CCc1ccccc1N.Cl. The van der Waals surface area contributed by atoms with Crippen molar-refractivity contribution in [2.75, 3.05) is 24.1 Å². The molecular weight excluding hydrogens is 362 g/mol. The number of benzene rings is 2. The number of anilines is 2. The summed E-state index contributed by atoms with van der Waals surface area (Å²) in [6.07, 6.45) is 0.902. The van der Waals surface area contributed by atoms with E-state index < -0.39 is 0 Å². The molecule has 0 heterocycles. The number of para-hydroxylation sites is 2. The van der Waals surface area contributed by atoms with Crippen LogP contribution in [0.2, 0.25) is 0 Å². The second-order valence-electron chi connectivity index (χ2n) is 6.42. The molecule has 0 aliphatic heterocycles. The highest BCUT2D eigenvalue weighted by molar-refractivity contribution is 5.95. The van der Waals surface area contributed by atoms with Crippen molar-refractivity contribution in [1.82, 2.24) is 4.90 Å². The highest BCUT2D eigenvalue weighted by Gasteiger charge is 2.17. The number of nitrogens with two attached hydrogens (primary N) is 1. The van der Waals surface area contributed by atoms with Crippen molar-refractivity contribution >= 4 is 35.6 Å². The Balaban J connectivity index is 0.00000364. The van der Waals surface area contributed by atoms with Gasteiger partial charge in [-0.25, -0.2) is 0 Å². The average molecular weight is 390 g/mol. The zero-order valence-electron chi connectivity index (χ0n) is 16.1. The number of hydrogen-bond acceptors (Lipinski definition) is 3. The first-order valence-corrected chi connectivity index (χ1v) is 8.89. The maximum Gasteiger partial charge on any atom is 0.244 e. The minimum absolute atomic E-state index is 0. The minimum Gasteiger partial charge on any atom is -0.399 e. The average Bonchev–Trinajstić information content (AvgIpc) is 2.62. The lowest BCUT2D eigenvalue weighted by Gasteiger charge is -2.21. The van der Waals surface area contributed by atoms with Crippen molar-refractivity contribution in [1.29, 1.82) is 0 Å². The topological polar surface area (TPSA) is 75.4 Å². The number of nitrogens with one attached hydrogen (secondary N) is 1. The van der Waals surface area contributed by atoms with E-state index in [0.717, 1.165) is 22.4 Å². The molecule has 2 amide bonds. The second kappa shape index (κ2) is 10.6. The van der Waals surface area contributed by atoms with Gasteiger partial charge in [-0.1, -0.05) is 36.4 Å². The second-order valence-corrected chi connectivity index (χ2v) is 6.42. The molecule has 3 N–H and O–H groups in total. The Kier molecular flexibility index (Phi) is 8.82. The van der Waals surface area contributed by atoms with Crippen LogP contribution in [0.4, 0.5) is 11.4 Å². The molecule has 0 aliphatic rings.